The van der Waals surface area contributed by atoms with Crippen LogP contribution in [0.3, 0.4) is 0 Å². The molecule has 1 spiro atoms. The van der Waals surface area contributed by atoms with Gasteiger partial charge in [0.2, 0.25) is 0 Å². The van der Waals surface area contributed by atoms with Crippen LogP contribution >= 0.6 is 0 Å². The Morgan fingerprint density at radius 2 is 2.03 bits per heavy atom. The van der Waals surface area contributed by atoms with Crippen LogP contribution in [-0.2, 0) is 0 Å². The zero-order chi connectivity index (χ0) is 20.2. The Morgan fingerprint density at radius 1 is 1.21 bits per heavy atom. The van der Waals surface area contributed by atoms with Crippen LogP contribution in [0.15, 0.2) is 45.7 Å². The number of amides is 1. The predicted molar refractivity (Wildman–Crippen MR) is 106 cm³/mol. The van der Waals surface area contributed by atoms with Gasteiger partial charge < -0.3 is 18.6 Å². The Bertz CT molecular complexity index is 1060. The molecule has 0 radical (unpaired) electrons. The highest BCUT2D eigenvalue weighted by Gasteiger charge is 2.57. The Balaban J connectivity index is 1.37. The van der Waals surface area contributed by atoms with Crippen molar-refractivity contribution in [1.82, 2.24) is 19.8 Å². The quantitative estimate of drug-likeness (QED) is 0.682. The molecular formula is C22H24N4O3. The first-order valence-corrected chi connectivity index (χ1v) is 9.86. The van der Waals surface area contributed by atoms with Crippen LogP contribution in [0, 0.1) is 19.3 Å². The van der Waals surface area contributed by atoms with Gasteiger partial charge in [0, 0.05) is 37.2 Å². The zero-order valence-corrected chi connectivity index (χ0v) is 16.9. The number of nitrogens with zero attached hydrogens (tertiary/aromatic N) is 4. The lowest BCUT2D eigenvalue weighted by Gasteiger charge is -2.50. The number of hydrogen-bond acceptors (Lipinski definition) is 6. The SMILES string of the molecule is Cc1cccc(-c2ocnc2C(=O)N2CC3(CN(C)CC3c3ncc(C)o3)C2)c1. The van der Waals surface area contributed by atoms with E-state index < -0.39 is 0 Å². The van der Waals surface area contributed by atoms with Gasteiger partial charge in [-0.1, -0.05) is 23.8 Å². The minimum Gasteiger partial charge on any atom is -0.446 e. The molecule has 150 valence electrons. The van der Waals surface area contributed by atoms with Gasteiger partial charge in [-0.2, -0.15) is 0 Å². The summed E-state index contributed by atoms with van der Waals surface area (Å²) in [6.45, 7) is 7.08. The third kappa shape index (κ3) is 2.97. The molecule has 3 aromatic rings. The summed E-state index contributed by atoms with van der Waals surface area (Å²) in [7, 11) is 2.11. The minimum atomic E-state index is -0.0854. The lowest BCUT2D eigenvalue weighted by atomic mass is 9.71. The van der Waals surface area contributed by atoms with Crippen molar-refractivity contribution in [3.05, 3.63) is 59.8 Å². The molecule has 0 N–H and O–H groups in total. The van der Waals surface area contributed by atoms with E-state index in [0.29, 0.717) is 24.5 Å². The normalized spacial score (nSPS) is 20.9. The van der Waals surface area contributed by atoms with Crippen molar-refractivity contribution in [2.24, 2.45) is 5.41 Å². The zero-order valence-electron chi connectivity index (χ0n) is 16.9. The summed E-state index contributed by atoms with van der Waals surface area (Å²) in [4.78, 5) is 26.0. The van der Waals surface area contributed by atoms with Crippen LogP contribution in [0.4, 0.5) is 0 Å². The Kier molecular flexibility index (Phi) is 4.10. The molecule has 5 rings (SSSR count). The van der Waals surface area contributed by atoms with Gasteiger partial charge in [0.05, 0.1) is 12.1 Å². The van der Waals surface area contributed by atoms with E-state index in [1.54, 1.807) is 6.20 Å². The second-order valence-electron chi connectivity index (χ2n) is 8.48. The van der Waals surface area contributed by atoms with Crippen LogP contribution in [-0.4, -0.2) is 58.9 Å². The molecule has 29 heavy (non-hydrogen) atoms. The Hall–Kier alpha value is -2.93. The summed E-state index contributed by atoms with van der Waals surface area (Å²) in [5, 5.41) is 0. The summed E-state index contributed by atoms with van der Waals surface area (Å²) in [6.07, 6.45) is 3.12. The van der Waals surface area contributed by atoms with Gasteiger partial charge >= 0.3 is 0 Å². The lowest BCUT2D eigenvalue weighted by Crippen LogP contribution is -2.61. The van der Waals surface area contributed by atoms with Gasteiger partial charge in [-0.15, -0.1) is 0 Å². The lowest BCUT2D eigenvalue weighted by molar-refractivity contribution is 0.000149. The van der Waals surface area contributed by atoms with Crippen LogP contribution in [0.5, 0.6) is 0 Å². The van der Waals surface area contributed by atoms with Gasteiger partial charge in [-0.3, -0.25) is 4.79 Å². The van der Waals surface area contributed by atoms with Crippen molar-refractivity contribution >= 4 is 5.91 Å². The first-order chi connectivity index (χ1) is 13.9. The average molecular weight is 392 g/mol. The fraction of sp³-hybridized carbons (Fsp3) is 0.409. The van der Waals surface area contributed by atoms with Crippen molar-refractivity contribution in [1.29, 1.82) is 0 Å². The first kappa shape index (κ1) is 18.1. The molecule has 2 aliphatic heterocycles. The Morgan fingerprint density at radius 3 is 2.76 bits per heavy atom. The van der Waals surface area contributed by atoms with Crippen LogP contribution in [0.25, 0.3) is 11.3 Å². The molecule has 0 saturated carbocycles. The number of likely N-dealkylation sites (tertiary alicyclic amines) is 2. The number of carbonyl (C=O) groups excluding carboxylic acids is 1. The maximum atomic E-state index is 13.2. The van der Waals surface area contributed by atoms with Crippen molar-refractivity contribution < 1.29 is 13.6 Å². The second kappa shape index (κ2) is 6.56. The summed E-state index contributed by atoms with van der Waals surface area (Å²) >= 11 is 0. The van der Waals surface area contributed by atoms with E-state index >= 15 is 0 Å². The predicted octanol–water partition coefficient (Wildman–Crippen LogP) is 3.12. The van der Waals surface area contributed by atoms with Crippen LogP contribution in [0.2, 0.25) is 0 Å². The topological polar surface area (TPSA) is 75.6 Å². The van der Waals surface area contributed by atoms with Crippen LogP contribution < -0.4 is 0 Å². The van der Waals surface area contributed by atoms with Crippen molar-refractivity contribution in [3.8, 4) is 11.3 Å². The van der Waals surface area contributed by atoms with Gasteiger partial charge in [0.25, 0.3) is 5.91 Å². The van der Waals surface area contributed by atoms with E-state index in [-0.39, 0.29) is 17.2 Å². The molecule has 2 fully saturated rings. The molecule has 0 bridgehead atoms. The van der Waals surface area contributed by atoms with E-state index in [2.05, 4.69) is 21.9 Å². The molecule has 2 aliphatic rings. The molecule has 1 unspecified atom stereocenters. The number of rotatable bonds is 3. The molecule has 1 amide bonds. The maximum absolute atomic E-state index is 13.2. The molecule has 1 atom stereocenters. The highest BCUT2D eigenvalue weighted by atomic mass is 16.4. The fourth-order valence-electron chi connectivity index (χ4n) is 4.81. The molecule has 4 heterocycles. The van der Waals surface area contributed by atoms with E-state index in [1.807, 2.05) is 43.0 Å². The first-order valence-electron chi connectivity index (χ1n) is 9.86. The number of aromatic nitrogens is 2. The molecule has 7 heteroatoms. The van der Waals surface area contributed by atoms with Crippen molar-refractivity contribution in [3.63, 3.8) is 0 Å². The number of aryl methyl sites for hydroxylation is 2. The Labute approximate surface area is 169 Å². The summed E-state index contributed by atoms with van der Waals surface area (Å²) in [6, 6.07) is 7.91. The number of likely N-dealkylation sites (N-methyl/N-ethyl adjacent to an activating group) is 1. The summed E-state index contributed by atoms with van der Waals surface area (Å²) < 4.78 is 11.4. The molecular weight excluding hydrogens is 368 g/mol. The molecule has 0 aliphatic carbocycles. The smallest absolute Gasteiger partial charge is 0.276 e. The standard InChI is InChI=1S/C22H24N4O3/c1-14-5-4-6-16(7-14)19-18(24-13-28-19)21(27)26-11-22(12-26)10-25(3)9-17(22)20-23-8-15(2)29-20/h4-8,13,17H,9-12H2,1-3H3. The van der Waals surface area contributed by atoms with Gasteiger partial charge in [-0.05, 0) is 27.0 Å². The maximum Gasteiger partial charge on any atom is 0.276 e. The highest BCUT2D eigenvalue weighted by Crippen LogP contribution is 2.49. The van der Waals surface area contributed by atoms with E-state index in [1.165, 1.54) is 6.39 Å². The third-order valence-corrected chi connectivity index (χ3v) is 6.10. The van der Waals surface area contributed by atoms with Gasteiger partial charge in [-0.25, -0.2) is 9.97 Å². The minimum absolute atomic E-state index is 0.0189. The van der Waals surface area contributed by atoms with E-state index in [0.717, 1.165) is 35.9 Å². The number of benzene rings is 1. The van der Waals surface area contributed by atoms with Gasteiger partial charge in [0.15, 0.2) is 23.7 Å². The average Bonchev–Trinajstić information content (AvgIpc) is 3.37. The van der Waals surface area contributed by atoms with E-state index in [4.69, 9.17) is 8.83 Å². The van der Waals surface area contributed by atoms with Crippen LogP contribution in [0.1, 0.15) is 33.6 Å². The van der Waals surface area contributed by atoms with Crippen molar-refractivity contribution in [2.75, 3.05) is 33.2 Å². The second-order valence-corrected chi connectivity index (χ2v) is 8.48. The number of hydrogen-bond donors (Lipinski definition) is 0. The molecule has 2 aromatic heterocycles. The largest absolute Gasteiger partial charge is 0.446 e. The molecule has 7 nitrogen and oxygen atoms in total. The number of carbonyl (C=O) groups is 1. The van der Waals surface area contributed by atoms with Gasteiger partial charge in [0.1, 0.15) is 5.76 Å². The van der Waals surface area contributed by atoms with Crippen molar-refractivity contribution in [2.45, 2.75) is 19.8 Å². The fourth-order valence-corrected chi connectivity index (χ4v) is 4.81. The molecule has 1 aromatic carbocycles. The monoisotopic (exact) mass is 392 g/mol. The summed E-state index contributed by atoms with van der Waals surface area (Å²) in [5.74, 6) is 2.24. The molecule has 2 saturated heterocycles. The third-order valence-electron chi connectivity index (χ3n) is 6.10. The summed E-state index contributed by atoms with van der Waals surface area (Å²) in [5.41, 5.74) is 2.34. The highest BCUT2D eigenvalue weighted by molar-refractivity contribution is 5.98. The van der Waals surface area contributed by atoms with E-state index in [9.17, 15) is 4.79 Å². The number of oxazole rings is 2.